The van der Waals surface area contributed by atoms with Crippen molar-refractivity contribution in [1.82, 2.24) is 0 Å². The van der Waals surface area contributed by atoms with E-state index in [1.54, 1.807) is 5.57 Å². The van der Waals surface area contributed by atoms with E-state index in [1.807, 2.05) is 0 Å². The molecule has 1 atom stereocenters. The van der Waals surface area contributed by atoms with Crippen LogP contribution in [0.4, 0.5) is 0 Å². The second-order valence-electron chi connectivity index (χ2n) is 6.76. The molecule has 1 unspecified atom stereocenters. The van der Waals surface area contributed by atoms with E-state index in [0.717, 1.165) is 6.42 Å². The maximum atomic E-state index is 6.32. The molecule has 0 radical (unpaired) electrons. The molecule has 0 N–H and O–H groups in total. The van der Waals surface area contributed by atoms with Gasteiger partial charge in [0.05, 0.1) is 5.38 Å². The maximum absolute atomic E-state index is 6.32. The van der Waals surface area contributed by atoms with Gasteiger partial charge in [-0.1, -0.05) is 70.9 Å². The Hall–Kier alpha value is 0.0300. The fourth-order valence-electron chi connectivity index (χ4n) is 3.07. The zero-order chi connectivity index (χ0) is 13.4. The van der Waals surface area contributed by atoms with E-state index >= 15 is 0 Å². The minimum absolute atomic E-state index is 0.272. The summed E-state index contributed by atoms with van der Waals surface area (Å²) in [4.78, 5) is 0. The third-order valence-corrected chi connectivity index (χ3v) is 4.25. The Bertz CT molecular complexity index is 252. The highest BCUT2D eigenvalue weighted by Gasteiger charge is 2.27. The summed E-state index contributed by atoms with van der Waals surface area (Å²) in [6.07, 6.45) is 15.8. The van der Waals surface area contributed by atoms with Crippen LogP contribution in [0.2, 0.25) is 0 Å². The minimum Gasteiger partial charge on any atom is -0.118 e. The van der Waals surface area contributed by atoms with Crippen molar-refractivity contribution in [2.75, 3.05) is 0 Å². The lowest BCUT2D eigenvalue weighted by atomic mass is 9.76. The van der Waals surface area contributed by atoms with E-state index in [1.165, 1.54) is 57.8 Å². The number of unbranched alkanes of at least 4 members (excludes halogenated alkanes) is 6. The van der Waals surface area contributed by atoms with Crippen LogP contribution < -0.4 is 0 Å². The monoisotopic (exact) mass is 270 g/mol. The molecule has 0 heterocycles. The number of alkyl halides is 1. The molecule has 0 bridgehead atoms. The van der Waals surface area contributed by atoms with Crippen molar-refractivity contribution in [2.45, 2.75) is 90.4 Å². The van der Waals surface area contributed by atoms with Gasteiger partial charge in [-0.3, -0.25) is 0 Å². The summed E-state index contributed by atoms with van der Waals surface area (Å²) in [6.45, 7) is 6.97. The molecule has 0 fully saturated rings. The second-order valence-corrected chi connectivity index (χ2v) is 7.32. The lowest BCUT2D eigenvalue weighted by Crippen LogP contribution is -2.22. The molecule has 0 aliphatic heterocycles. The number of hydrogen-bond acceptors (Lipinski definition) is 0. The fourth-order valence-corrected chi connectivity index (χ4v) is 3.67. The van der Waals surface area contributed by atoms with E-state index in [-0.39, 0.29) is 5.38 Å². The first-order valence-electron chi connectivity index (χ1n) is 7.87. The third-order valence-electron chi connectivity index (χ3n) is 3.97. The van der Waals surface area contributed by atoms with Crippen molar-refractivity contribution >= 4 is 11.6 Å². The van der Waals surface area contributed by atoms with Crippen molar-refractivity contribution in [1.29, 1.82) is 0 Å². The first-order chi connectivity index (χ1) is 8.53. The number of allylic oxidation sites excluding steroid dienone is 2. The standard InChI is InChI=1S/C17H31Cl/c1-4-5-6-7-8-9-10-11-15-12-16(18)14-17(2,3)13-15/h12,16H,4-11,13-14H2,1-3H3. The van der Waals surface area contributed by atoms with E-state index < -0.39 is 0 Å². The first kappa shape index (κ1) is 16.1. The smallest absolute Gasteiger partial charge is 0.0523 e. The minimum atomic E-state index is 0.272. The molecule has 0 spiro atoms. The number of rotatable bonds is 8. The van der Waals surface area contributed by atoms with E-state index in [9.17, 15) is 0 Å². The Morgan fingerprint density at radius 3 is 2.33 bits per heavy atom. The highest BCUT2D eigenvalue weighted by Crippen LogP contribution is 2.38. The number of halogens is 1. The van der Waals surface area contributed by atoms with Crippen LogP contribution >= 0.6 is 11.6 Å². The molecule has 0 aromatic heterocycles. The van der Waals surface area contributed by atoms with Crippen LogP contribution in [0.1, 0.15) is 85.0 Å². The van der Waals surface area contributed by atoms with Crippen molar-refractivity contribution < 1.29 is 0 Å². The van der Waals surface area contributed by atoms with Gasteiger partial charge in [-0.05, 0) is 31.1 Å². The van der Waals surface area contributed by atoms with E-state index in [2.05, 4.69) is 26.8 Å². The van der Waals surface area contributed by atoms with Gasteiger partial charge in [0.1, 0.15) is 0 Å². The highest BCUT2D eigenvalue weighted by atomic mass is 35.5. The van der Waals surface area contributed by atoms with Crippen molar-refractivity contribution in [3.05, 3.63) is 11.6 Å². The van der Waals surface area contributed by atoms with Crippen LogP contribution in [0, 0.1) is 5.41 Å². The van der Waals surface area contributed by atoms with Crippen LogP contribution in [-0.4, -0.2) is 5.38 Å². The van der Waals surface area contributed by atoms with E-state index in [4.69, 9.17) is 11.6 Å². The van der Waals surface area contributed by atoms with Crippen molar-refractivity contribution in [3.63, 3.8) is 0 Å². The molecule has 0 saturated carbocycles. The molecule has 0 nitrogen and oxygen atoms in total. The summed E-state index contributed by atoms with van der Waals surface area (Å²) in [7, 11) is 0. The molecule has 1 aliphatic rings. The highest BCUT2D eigenvalue weighted by molar-refractivity contribution is 6.21. The van der Waals surface area contributed by atoms with Crippen molar-refractivity contribution in [2.24, 2.45) is 5.41 Å². The predicted octanol–water partition coefficient (Wildman–Crippen LogP) is 6.48. The van der Waals surface area contributed by atoms with Gasteiger partial charge in [-0.15, -0.1) is 11.6 Å². The Kier molecular flexibility index (Phi) is 7.37. The summed E-state index contributed by atoms with van der Waals surface area (Å²) in [6, 6.07) is 0. The molecule has 0 aromatic carbocycles. The second kappa shape index (κ2) is 8.25. The van der Waals surface area contributed by atoms with Crippen LogP contribution in [0.3, 0.4) is 0 Å². The molecule has 0 amide bonds. The van der Waals surface area contributed by atoms with Gasteiger partial charge < -0.3 is 0 Å². The summed E-state index contributed by atoms with van der Waals surface area (Å²) < 4.78 is 0. The van der Waals surface area contributed by atoms with Gasteiger partial charge in [0, 0.05) is 0 Å². The predicted molar refractivity (Wildman–Crippen MR) is 83.3 cm³/mol. The average molecular weight is 271 g/mol. The lowest BCUT2D eigenvalue weighted by molar-refractivity contribution is 0.317. The molecular weight excluding hydrogens is 240 g/mol. The Labute approximate surface area is 119 Å². The van der Waals surface area contributed by atoms with Crippen LogP contribution in [0.15, 0.2) is 11.6 Å². The largest absolute Gasteiger partial charge is 0.118 e. The Balaban J connectivity index is 2.12. The molecule has 0 aromatic rings. The topological polar surface area (TPSA) is 0 Å². The molecule has 1 heteroatoms. The molecule has 1 rings (SSSR count). The summed E-state index contributed by atoms with van der Waals surface area (Å²) >= 11 is 6.32. The molecule has 18 heavy (non-hydrogen) atoms. The van der Waals surface area contributed by atoms with Crippen LogP contribution in [-0.2, 0) is 0 Å². The van der Waals surface area contributed by atoms with Gasteiger partial charge in [-0.2, -0.15) is 0 Å². The molecular formula is C17H31Cl. The maximum Gasteiger partial charge on any atom is 0.0523 e. The van der Waals surface area contributed by atoms with Gasteiger partial charge >= 0.3 is 0 Å². The van der Waals surface area contributed by atoms with Crippen LogP contribution in [0.5, 0.6) is 0 Å². The first-order valence-corrected chi connectivity index (χ1v) is 8.31. The Morgan fingerprint density at radius 2 is 1.72 bits per heavy atom. The zero-order valence-corrected chi connectivity index (χ0v) is 13.4. The molecule has 0 saturated heterocycles. The quantitative estimate of drug-likeness (QED) is 0.269. The SMILES string of the molecule is CCCCCCCCCC1=CC(Cl)CC(C)(C)C1. The molecule has 1 aliphatic carbocycles. The van der Waals surface area contributed by atoms with Crippen molar-refractivity contribution in [3.8, 4) is 0 Å². The summed E-state index contributed by atoms with van der Waals surface area (Å²) in [5, 5.41) is 0.272. The van der Waals surface area contributed by atoms with E-state index in [0.29, 0.717) is 5.41 Å². The van der Waals surface area contributed by atoms with Gasteiger partial charge in [0.15, 0.2) is 0 Å². The Morgan fingerprint density at radius 1 is 1.11 bits per heavy atom. The zero-order valence-electron chi connectivity index (χ0n) is 12.6. The average Bonchev–Trinajstić information content (AvgIpc) is 2.25. The summed E-state index contributed by atoms with van der Waals surface area (Å²) in [5.41, 5.74) is 2.03. The van der Waals surface area contributed by atoms with Crippen LogP contribution in [0.25, 0.3) is 0 Å². The van der Waals surface area contributed by atoms with Gasteiger partial charge in [0.25, 0.3) is 0 Å². The molecule has 106 valence electrons. The lowest BCUT2D eigenvalue weighted by Gasteiger charge is -2.32. The summed E-state index contributed by atoms with van der Waals surface area (Å²) in [5.74, 6) is 0. The normalized spacial score (nSPS) is 22.9. The van der Waals surface area contributed by atoms with Gasteiger partial charge in [0.2, 0.25) is 0 Å². The third kappa shape index (κ3) is 6.83. The fraction of sp³-hybridized carbons (Fsp3) is 0.882. The number of hydrogen-bond donors (Lipinski definition) is 0. The van der Waals surface area contributed by atoms with Gasteiger partial charge in [-0.25, -0.2) is 0 Å².